The standard InChI is InChI=1S/C13H17N5O2/c1-17(9-4-6-14-7-5-9)13-15-11-3-2-10(18(19)20)8-12(11)16-13/h2-3,8-9,14H,4-7H2,1H3,(H,15,16). The molecule has 1 aromatic carbocycles. The first-order valence-corrected chi connectivity index (χ1v) is 6.73. The van der Waals surface area contributed by atoms with Gasteiger partial charge in [0.05, 0.1) is 16.0 Å². The number of aromatic amines is 1. The van der Waals surface area contributed by atoms with Gasteiger partial charge in [-0.3, -0.25) is 10.1 Å². The molecule has 0 amide bonds. The van der Waals surface area contributed by atoms with Crippen LogP contribution in [0, 0.1) is 10.1 Å². The number of rotatable bonds is 3. The molecular weight excluding hydrogens is 258 g/mol. The average molecular weight is 275 g/mol. The molecule has 7 heteroatoms. The van der Waals surface area contributed by atoms with E-state index in [0.717, 1.165) is 37.4 Å². The Morgan fingerprint density at radius 1 is 1.40 bits per heavy atom. The molecule has 0 aliphatic carbocycles. The molecule has 1 fully saturated rings. The van der Waals surface area contributed by atoms with Crippen molar-refractivity contribution < 1.29 is 4.92 Å². The van der Waals surface area contributed by atoms with Crippen molar-refractivity contribution in [1.29, 1.82) is 0 Å². The Labute approximate surface area is 116 Å². The maximum Gasteiger partial charge on any atom is 0.271 e. The predicted octanol–water partition coefficient (Wildman–Crippen LogP) is 1.66. The van der Waals surface area contributed by atoms with E-state index in [4.69, 9.17) is 0 Å². The maximum absolute atomic E-state index is 10.8. The Morgan fingerprint density at radius 3 is 2.85 bits per heavy atom. The fraction of sp³-hybridized carbons (Fsp3) is 0.462. The molecule has 0 atom stereocenters. The number of H-pyrrole nitrogens is 1. The molecule has 2 aromatic rings. The quantitative estimate of drug-likeness (QED) is 0.657. The van der Waals surface area contributed by atoms with Gasteiger partial charge >= 0.3 is 0 Å². The fourth-order valence-electron chi connectivity index (χ4n) is 2.63. The van der Waals surface area contributed by atoms with Crippen molar-refractivity contribution in [1.82, 2.24) is 15.3 Å². The van der Waals surface area contributed by atoms with Crippen molar-refractivity contribution in [3.05, 3.63) is 28.3 Å². The Kier molecular flexibility index (Phi) is 3.27. The van der Waals surface area contributed by atoms with Crippen molar-refractivity contribution in [2.75, 3.05) is 25.0 Å². The van der Waals surface area contributed by atoms with Crippen LogP contribution in [0.3, 0.4) is 0 Å². The zero-order valence-corrected chi connectivity index (χ0v) is 11.3. The van der Waals surface area contributed by atoms with Gasteiger partial charge in [0, 0.05) is 25.2 Å². The van der Waals surface area contributed by atoms with Crippen molar-refractivity contribution in [3.8, 4) is 0 Å². The molecule has 7 nitrogen and oxygen atoms in total. The predicted molar refractivity (Wildman–Crippen MR) is 77.0 cm³/mol. The molecule has 0 bridgehead atoms. The number of aromatic nitrogens is 2. The van der Waals surface area contributed by atoms with Crippen LogP contribution in [0.2, 0.25) is 0 Å². The molecular formula is C13H17N5O2. The number of nitro groups is 1. The lowest BCUT2D eigenvalue weighted by Crippen LogP contribution is -2.41. The summed E-state index contributed by atoms with van der Waals surface area (Å²) < 4.78 is 0. The number of fused-ring (bicyclic) bond motifs is 1. The highest BCUT2D eigenvalue weighted by molar-refractivity contribution is 5.80. The molecule has 2 N–H and O–H groups in total. The lowest BCUT2D eigenvalue weighted by molar-refractivity contribution is -0.384. The largest absolute Gasteiger partial charge is 0.342 e. The minimum absolute atomic E-state index is 0.0808. The van der Waals surface area contributed by atoms with Crippen molar-refractivity contribution in [2.45, 2.75) is 18.9 Å². The van der Waals surface area contributed by atoms with E-state index in [1.807, 2.05) is 7.05 Å². The summed E-state index contributed by atoms with van der Waals surface area (Å²) in [5.41, 5.74) is 1.54. The van der Waals surface area contributed by atoms with Crippen LogP contribution in [0.1, 0.15) is 12.8 Å². The van der Waals surface area contributed by atoms with Gasteiger partial charge in [0.2, 0.25) is 5.95 Å². The molecule has 0 radical (unpaired) electrons. The number of benzene rings is 1. The molecule has 0 saturated carbocycles. The summed E-state index contributed by atoms with van der Waals surface area (Å²) >= 11 is 0. The monoisotopic (exact) mass is 275 g/mol. The Hall–Kier alpha value is -2.15. The topological polar surface area (TPSA) is 87.1 Å². The number of anilines is 1. The lowest BCUT2D eigenvalue weighted by Gasteiger charge is -2.31. The van der Waals surface area contributed by atoms with Gasteiger partial charge in [0.25, 0.3) is 5.69 Å². The van der Waals surface area contributed by atoms with Crippen molar-refractivity contribution >= 4 is 22.7 Å². The second kappa shape index (κ2) is 5.09. The molecule has 106 valence electrons. The second-order valence-corrected chi connectivity index (χ2v) is 5.11. The first-order chi connectivity index (χ1) is 9.65. The summed E-state index contributed by atoms with van der Waals surface area (Å²) in [6, 6.07) is 5.15. The van der Waals surface area contributed by atoms with E-state index in [1.54, 1.807) is 6.07 Å². The minimum atomic E-state index is -0.392. The molecule has 1 aliphatic rings. The highest BCUT2D eigenvalue weighted by atomic mass is 16.6. The van der Waals surface area contributed by atoms with Crippen LogP contribution >= 0.6 is 0 Å². The van der Waals surface area contributed by atoms with Gasteiger partial charge in [0.1, 0.15) is 0 Å². The van der Waals surface area contributed by atoms with E-state index in [2.05, 4.69) is 20.2 Å². The number of hydrogen-bond acceptors (Lipinski definition) is 5. The molecule has 2 heterocycles. The first-order valence-electron chi connectivity index (χ1n) is 6.73. The Morgan fingerprint density at radius 2 is 2.15 bits per heavy atom. The molecule has 0 unspecified atom stereocenters. The molecule has 1 aromatic heterocycles. The molecule has 1 aliphatic heterocycles. The van der Waals surface area contributed by atoms with Gasteiger partial charge in [0.15, 0.2) is 0 Å². The van der Waals surface area contributed by atoms with Crippen LogP contribution < -0.4 is 10.2 Å². The third-order valence-corrected chi connectivity index (χ3v) is 3.85. The zero-order chi connectivity index (χ0) is 14.1. The van der Waals surface area contributed by atoms with Gasteiger partial charge in [-0.2, -0.15) is 0 Å². The van der Waals surface area contributed by atoms with Gasteiger partial charge in [-0.05, 0) is 32.0 Å². The van der Waals surface area contributed by atoms with Crippen molar-refractivity contribution in [3.63, 3.8) is 0 Å². The van der Waals surface area contributed by atoms with Crippen molar-refractivity contribution in [2.24, 2.45) is 0 Å². The summed E-state index contributed by atoms with van der Waals surface area (Å²) in [6.45, 7) is 2.03. The number of nitro benzene ring substituents is 1. The lowest BCUT2D eigenvalue weighted by atomic mass is 10.1. The third-order valence-electron chi connectivity index (χ3n) is 3.85. The van der Waals surface area contributed by atoms with Crippen LogP contribution in [0.5, 0.6) is 0 Å². The first kappa shape index (κ1) is 12.9. The Bertz CT molecular complexity index is 633. The zero-order valence-electron chi connectivity index (χ0n) is 11.3. The SMILES string of the molecule is CN(c1nc2ccc([N+](=O)[O-])cc2[nH]1)C1CCNCC1. The number of hydrogen-bond donors (Lipinski definition) is 2. The minimum Gasteiger partial charge on any atom is -0.342 e. The second-order valence-electron chi connectivity index (χ2n) is 5.11. The van der Waals surface area contributed by atoms with Gasteiger partial charge in [-0.25, -0.2) is 4.98 Å². The molecule has 1 saturated heterocycles. The normalized spacial score (nSPS) is 16.4. The van der Waals surface area contributed by atoms with Gasteiger partial charge in [-0.15, -0.1) is 0 Å². The molecule has 3 rings (SSSR count). The number of nitrogens with zero attached hydrogens (tertiary/aromatic N) is 3. The van der Waals surface area contributed by atoms with Crippen LogP contribution in [-0.4, -0.2) is 41.1 Å². The van der Waals surface area contributed by atoms with E-state index in [0.29, 0.717) is 11.6 Å². The van der Waals surface area contributed by atoms with Crippen LogP contribution in [0.25, 0.3) is 11.0 Å². The maximum atomic E-state index is 10.8. The summed E-state index contributed by atoms with van der Waals surface area (Å²) in [7, 11) is 2.02. The highest BCUT2D eigenvalue weighted by Crippen LogP contribution is 2.24. The van der Waals surface area contributed by atoms with E-state index >= 15 is 0 Å². The number of non-ortho nitro benzene ring substituents is 1. The average Bonchev–Trinajstić information content (AvgIpc) is 2.90. The summed E-state index contributed by atoms with van der Waals surface area (Å²) in [4.78, 5) is 20.2. The number of nitrogens with one attached hydrogen (secondary N) is 2. The van der Waals surface area contributed by atoms with E-state index < -0.39 is 4.92 Å². The summed E-state index contributed by atoms with van der Waals surface area (Å²) in [6.07, 6.45) is 2.15. The van der Waals surface area contributed by atoms with E-state index in [1.165, 1.54) is 12.1 Å². The number of piperidine rings is 1. The number of imidazole rings is 1. The smallest absolute Gasteiger partial charge is 0.271 e. The molecule has 0 spiro atoms. The van der Waals surface area contributed by atoms with Crippen LogP contribution in [-0.2, 0) is 0 Å². The molecule has 20 heavy (non-hydrogen) atoms. The highest BCUT2D eigenvalue weighted by Gasteiger charge is 2.20. The Balaban J connectivity index is 1.89. The van der Waals surface area contributed by atoms with Gasteiger partial charge in [-0.1, -0.05) is 0 Å². The summed E-state index contributed by atoms with van der Waals surface area (Å²) in [5, 5.41) is 14.1. The third kappa shape index (κ3) is 2.32. The van der Waals surface area contributed by atoms with E-state index in [9.17, 15) is 10.1 Å². The fourth-order valence-corrected chi connectivity index (χ4v) is 2.63. The van der Waals surface area contributed by atoms with E-state index in [-0.39, 0.29) is 5.69 Å². The summed E-state index contributed by atoms with van der Waals surface area (Å²) in [5.74, 6) is 0.771. The van der Waals surface area contributed by atoms with Gasteiger partial charge < -0.3 is 15.2 Å². The van der Waals surface area contributed by atoms with Crippen LogP contribution in [0.4, 0.5) is 11.6 Å². The van der Waals surface area contributed by atoms with Crippen LogP contribution in [0.15, 0.2) is 18.2 Å².